The number of hydrogen-bond acceptors (Lipinski definition) is 8. The van der Waals surface area contributed by atoms with Crippen molar-refractivity contribution in [1.29, 1.82) is 10.5 Å². The lowest BCUT2D eigenvalue weighted by molar-refractivity contribution is 0.175. The van der Waals surface area contributed by atoms with Gasteiger partial charge in [-0.1, -0.05) is 5.57 Å². The predicted molar refractivity (Wildman–Crippen MR) is 136 cm³/mol. The smallest absolute Gasteiger partial charge is 0.181 e. The van der Waals surface area contributed by atoms with Gasteiger partial charge in [-0.25, -0.2) is 0 Å². The molecule has 0 saturated carbocycles. The van der Waals surface area contributed by atoms with E-state index in [4.69, 9.17) is 20.0 Å². The van der Waals surface area contributed by atoms with Crippen LogP contribution in [0, 0.1) is 22.7 Å². The van der Waals surface area contributed by atoms with Gasteiger partial charge in [-0.15, -0.1) is 45.3 Å². The fraction of sp³-hybridized carbons (Fsp3) is 0.167. The Morgan fingerprint density at radius 2 is 1.50 bits per heavy atom. The van der Waals surface area contributed by atoms with Crippen molar-refractivity contribution in [1.82, 2.24) is 0 Å². The predicted octanol–water partition coefficient (Wildman–Crippen LogP) is 8.04. The van der Waals surface area contributed by atoms with Crippen LogP contribution >= 0.6 is 45.3 Å². The number of fused-ring (bicyclic) bond motifs is 2. The van der Waals surface area contributed by atoms with Gasteiger partial charge in [0.15, 0.2) is 11.5 Å². The highest BCUT2D eigenvalue weighted by molar-refractivity contribution is 7.32. The van der Waals surface area contributed by atoms with Crippen LogP contribution in [0.2, 0.25) is 0 Å². The molecule has 5 rings (SSSR count). The largest absolute Gasteiger partial charge is 0.485 e. The fourth-order valence-corrected chi connectivity index (χ4v) is 8.20. The minimum atomic E-state index is 0.0954. The van der Waals surface area contributed by atoms with E-state index in [-0.39, 0.29) is 5.57 Å². The van der Waals surface area contributed by atoms with Gasteiger partial charge in [0, 0.05) is 24.0 Å². The van der Waals surface area contributed by atoms with Crippen molar-refractivity contribution in [3.63, 3.8) is 0 Å². The van der Waals surface area contributed by atoms with Gasteiger partial charge in [0.1, 0.15) is 30.9 Å². The van der Waals surface area contributed by atoms with Gasteiger partial charge >= 0.3 is 0 Å². The molecule has 0 N–H and O–H groups in total. The highest BCUT2D eigenvalue weighted by Crippen LogP contribution is 2.56. The Balaban J connectivity index is 1.57. The summed E-state index contributed by atoms with van der Waals surface area (Å²) in [6.45, 7) is 5.28. The number of nitrogens with zero attached hydrogens (tertiary/aromatic N) is 2. The number of thiophene rings is 4. The Kier molecular flexibility index (Phi) is 5.62. The first kappa shape index (κ1) is 21.0. The second-order valence-corrected chi connectivity index (χ2v) is 11.6. The third kappa shape index (κ3) is 3.87. The average Bonchev–Trinajstić information content (AvgIpc) is 3.53. The van der Waals surface area contributed by atoms with E-state index in [0.29, 0.717) is 13.2 Å². The molecule has 0 fully saturated rings. The van der Waals surface area contributed by atoms with Gasteiger partial charge in [-0.05, 0) is 50.3 Å². The molecule has 158 valence electrons. The Hall–Kier alpha value is -2.88. The molecule has 32 heavy (non-hydrogen) atoms. The molecule has 0 spiro atoms. The molecule has 4 aromatic heterocycles. The summed E-state index contributed by atoms with van der Waals surface area (Å²) in [5.74, 6) is 1.60. The molecule has 4 nitrogen and oxygen atoms in total. The molecule has 8 heteroatoms. The zero-order chi connectivity index (χ0) is 22.2. The number of ether oxygens (including phenoxy) is 2. The van der Waals surface area contributed by atoms with E-state index < -0.39 is 0 Å². The zero-order valence-corrected chi connectivity index (χ0v) is 20.5. The van der Waals surface area contributed by atoms with Crippen LogP contribution in [-0.2, 0) is 0 Å². The van der Waals surface area contributed by atoms with Crippen LogP contribution in [0.3, 0.4) is 0 Å². The van der Waals surface area contributed by atoms with Crippen LogP contribution in [0.15, 0.2) is 35.4 Å². The lowest BCUT2D eigenvalue weighted by atomic mass is 10.2. The van der Waals surface area contributed by atoms with Crippen LogP contribution in [0.25, 0.3) is 41.1 Å². The molecule has 0 aliphatic carbocycles. The molecule has 5 heterocycles. The minimum Gasteiger partial charge on any atom is -0.485 e. The lowest BCUT2D eigenvalue weighted by Crippen LogP contribution is -2.14. The summed E-state index contributed by atoms with van der Waals surface area (Å²) in [7, 11) is 0. The summed E-state index contributed by atoms with van der Waals surface area (Å²) in [6.07, 6.45) is 3.83. The first-order valence-corrected chi connectivity index (χ1v) is 13.1. The Morgan fingerprint density at radius 1 is 0.812 bits per heavy atom. The molecular formula is C24H16N2O2S4. The topological polar surface area (TPSA) is 66.0 Å². The van der Waals surface area contributed by atoms with Crippen molar-refractivity contribution < 1.29 is 9.47 Å². The molecule has 0 atom stereocenters. The maximum atomic E-state index is 9.03. The van der Waals surface area contributed by atoms with Gasteiger partial charge in [-0.2, -0.15) is 10.5 Å². The highest BCUT2D eigenvalue weighted by atomic mass is 32.1. The van der Waals surface area contributed by atoms with Crippen LogP contribution in [-0.4, -0.2) is 13.2 Å². The highest BCUT2D eigenvalue weighted by Gasteiger charge is 2.28. The first-order chi connectivity index (χ1) is 15.6. The maximum Gasteiger partial charge on any atom is 0.181 e. The van der Waals surface area contributed by atoms with Crippen molar-refractivity contribution in [3.8, 4) is 43.1 Å². The molecule has 1 aliphatic rings. The molecule has 0 amide bonds. The van der Waals surface area contributed by atoms with Gasteiger partial charge in [0.25, 0.3) is 0 Å². The molecule has 1 aliphatic heterocycles. The lowest BCUT2D eigenvalue weighted by Gasteiger charge is -2.16. The summed E-state index contributed by atoms with van der Waals surface area (Å²) >= 11 is 6.79. The molecule has 0 radical (unpaired) electrons. The maximum absolute atomic E-state index is 9.03. The number of nitriles is 2. The summed E-state index contributed by atoms with van der Waals surface area (Å²) in [4.78, 5) is 6.47. The van der Waals surface area contributed by atoms with Gasteiger partial charge < -0.3 is 9.47 Å². The van der Waals surface area contributed by atoms with Crippen molar-refractivity contribution in [3.05, 3.63) is 45.2 Å². The molecule has 4 aromatic rings. The molecule has 0 bridgehead atoms. The molecular weight excluding hydrogens is 477 g/mol. The quantitative estimate of drug-likeness (QED) is 0.270. The van der Waals surface area contributed by atoms with E-state index in [0.717, 1.165) is 31.0 Å². The minimum absolute atomic E-state index is 0.0954. The molecule has 0 unspecified atom stereocenters. The number of rotatable bonds is 4. The molecule has 0 aromatic carbocycles. The average molecular weight is 493 g/mol. The van der Waals surface area contributed by atoms with Crippen LogP contribution in [0.4, 0.5) is 0 Å². The third-order valence-electron chi connectivity index (χ3n) is 4.66. The summed E-state index contributed by atoms with van der Waals surface area (Å²) in [5, 5.41) is 18.1. The Morgan fingerprint density at radius 3 is 2.16 bits per heavy atom. The zero-order valence-electron chi connectivity index (χ0n) is 17.2. The second kappa shape index (κ2) is 8.57. The monoisotopic (exact) mass is 492 g/mol. The van der Waals surface area contributed by atoms with Crippen LogP contribution in [0.1, 0.15) is 23.6 Å². The van der Waals surface area contributed by atoms with Crippen molar-refractivity contribution in [2.45, 2.75) is 13.8 Å². The third-order valence-corrected chi connectivity index (χ3v) is 9.44. The Bertz CT molecular complexity index is 1430. The van der Waals surface area contributed by atoms with Gasteiger partial charge in [0.2, 0.25) is 0 Å². The summed E-state index contributed by atoms with van der Waals surface area (Å²) in [6, 6.07) is 12.3. The van der Waals surface area contributed by atoms with Crippen molar-refractivity contribution in [2.75, 3.05) is 13.2 Å². The summed E-state index contributed by atoms with van der Waals surface area (Å²) < 4.78 is 14.7. The van der Waals surface area contributed by atoms with E-state index in [2.05, 4.69) is 32.1 Å². The first-order valence-electron chi connectivity index (χ1n) is 9.79. The van der Waals surface area contributed by atoms with E-state index in [1.54, 1.807) is 40.1 Å². The van der Waals surface area contributed by atoms with E-state index in [1.165, 1.54) is 36.1 Å². The van der Waals surface area contributed by atoms with Gasteiger partial charge in [-0.3, -0.25) is 0 Å². The van der Waals surface area contributed by atoms with Crippen LogP contribution < -0.4 is 9.47 Å². The van der Waals surface area contributed by atoms with E-state index in [9.17, 15) is 0 Å². The number of allylic oxidation sites excluding steroid dienone is 2. The van der Waals surface area contributed by atoms with E-state index >= 15 is 0 Å². The van der Waals surface area contributed by atoms with E-state index in [1.807, 2.05) is 24.3 Å². The number of hydrogen-bond donors (Lipinski definition) is 0. The van der Waals surface area contributed by atoms with Gasteiger partial charge in [0.05, 0.1) is 14.6 Å². The SMILES string of the molecule is CC(C)=Cc1cc2sc(-c3sc(-c4ccc(C=C(C#N)C#N)s4)c4c3OCCO4)cc2s1. The van der Waals surface area contributed by atoms with Crippen LogP contribution in [0.5, 0.6) is 11.5 Å². The second-order valence-electron chi connectivity index (χ2n) is 7.31. The molecule has 0 saturated heterocycles. The van der Waals surface area contributed by atoms with Crippen molar-refractivity contribution in [2.24, 2.45) is 0 Å². The standard InChI is InChI=1S/C24H16N2O2S4/c1-13(2)7-16-9-18-19(30-16)10-20(31-18)24-22-21(27-5-6-28-22)23(32-24)17-4-3-15(29-17)8-14(11-25)12-26/h3-4,7-10H,5-6H2,1-2H3. The van der Waals surface area contributed by atoms with Crippen molar-refractivity contribution >= 4 is 66.9 Å². The fourth-order valence-electron chi connectivity index (χ4n) is 3.38. The normalized spacial score (nSPS) is 12.2. The Labute approximate surface area is 201 Å². The summed E-state index contributed by atoms with van der Waals surface area (Å²) in [5.41, 5.74) is 1.39.